The molecule has 1 fully saturated rings. The first kappa shape index (κ1) is 16.5. The van der Waals surface area contributed by atoms with Gasteiger partial charge in [-0.2, -0.15) is 0 Å². The Balaban J connectivity index is 1.71. The van der Waals surface area contributed by atoms with Crippen LogP contribution < -0.4 is 10.1 Å². The molecule has 0 radical (unpaired) electrons. The second-order valence-electron chi connectivity index (χ2n) is 6.41. The number of likely N-dealkylation sites (tertiary alicyclic amines) is 1. The van der Waals surface area contributed by atoms with Crippen LogP contribution in [0.4, 0.5) is 0 Å². The smallest absolute Gasteiger partial charge is 0.251 e. The second-order valence-corrected chi connectivity index (χ2v) is 6.41. The first-order valence-corrected chi connectivity index (χ1v) is 8.37. The zero-order valence-corrected chi connectivity index (χ0v) is 14.3. The molecule has 0 aliphatic carbocycles. The van der Waals surface area contributed by atoms with E-state index in [1.807, 2.05) is 48.5 Å². The van der Waals surface area contributed by atoms with E-state index in [2.05, 4.69) is 17.3 Å². The minimum Gasteiger partial charge on any atom is -0.496 e. The van der Waals surface area contributed by atoms with Crippen LogP contribution in [0, 0.1) is 5.92 Å². The molecule has 2 aromatic rings. The van der Waals surface area contributed by atoms with Gasteiger partial charge in [-0.3, -0.25) is 4.79 Å². The summed E-state index contributed by atoms with van der Waals surface area (Å²) in [4.78, 5) is 14.8. The van der Waals surface area contributed by atoms with Crippen LogP contribution >= 0.6 is 0 Å². The zero-order valence-electron chi connectivity index (χ0n) is 14.3. The lowest BCUT2D eigenvalue weighted by atomic mass is 10.0. The summed E-state index contributed by atoms with van der Waals surface area (Å²) in [7, 11) is 3.78. The fourth-order valence-electron chi connectivity index (χ4n) is 3.24. The molecule has 0 unspecified atom stereocenters. The Bertz CT molecular complexity index is 714. The molecule has 1 atom stereocenters. The van der Waals surface area contributed by atoms with E-state index in [9.17, 15) is 4.79 Å². The summed E-state index contributed by atoms with van der Waals surface area (Å²) in [5, 5.41) is 3.07. The van der Waals surface area contributed by atoms with Crippen molar-refractivity contribution in [1.29, 1.82) is 0 Å². The summed E-state index contributed by atoms with van der Waals surface area (Å²) in [5.74, 6) is 1.35. The first-order chi connectivity index (χ1) is 11.7. The van der Waals surface area contributed by atoms with Crippen LogP contribution in [0.3, 0.4) is 0 Å². The number of hydrogen-bond donors (Lipinski definition) is 1. The topological polar surface area (TPSA) is 41.6 Å². The predicted octanol–water partition coefficient (Wildman–Crippen LogP) is 3.04. The highest BCUT2D eigenvalue weighted by Crippen LogP contribution is 2.29. The molecule has 1 saturated heterocycles. The molecule has 1 aliphatic rings. The van der Waals surface area contributed by atoms with E-state index in [1.54, 1.807) is 7.11 Å². The molecule has 0 spiro atoms. The van der Waals surface area contributed by atoms with Gasteiger partial charge in [0.05, 0.1) is 7.11 Å². The fraction of sp³-hybridized carbons (Fsp3) is 0.350. The van der Waals surface area contributed by atoms with Gasteiger partial charge in [0.15, 0.2) is 0 Å². The number of carbonyl (C=O) groups is 1. The van der Waals surface area contributed by atoms with Crippen LogP contribution in [0.5, 0.6) is 5.75 Å². The number of rotatable bonds is 5. The van der Waals surface area contributed by atoms with Gasteiger partial charge in [0.25, 0.3) is 5.91 Å². The Kier molecular flexibility index (Phi) is 5.16. The maximum atomic E-state index is 12.5. The van der Waals surface area contributed by atoms with Crippen LogP contribution in [0.15, 0.2) is 48.5 Å². The zero-order chi connectivity index (χ0) is 16.9. The molecule has 1 heterocycles. The molecule has 3 rings (SSSR count). The van der Waals surface area contributed by atoms with Crippen molar-refractivity contribution in [2.75, 3.05) is 33.8 Å². The van der Waals surface area contributed by atoms with E-state index < -0.39 is 0 Å². The molecule has 0 saturated carbocycles. The number of nitrogens with one attached hydrogen (secondary N) is 1. The molecule has 0 bridgehead atoms. The summed E-state index contributed by atoms with van der Waals surface area (Å²) in [6.45, 7) is 2.91. The number of benzene rings is 2. The van der Waals surface area contributed by atoms with Gasteiger partial charge in [-0.1, -0.05) is 30.3 Å². The van der Waals surface area contributed by atoms with Crippen molar-refractivity contribution in [3.63, 3.8) is 0 Å². The van der Waals surface area contributed by atoms with Crippen molar-refractivity contribution >= 4 is 5.91 Å². The van der Waals surface area contributed by atoms with Crippen molar-refractivity contribution < 1.29 is 9.53 Å². The molecular weight excluding hydrogens is 300 g/mol. The Labute approximate surface area is 143 Å². The van der Waals surface area contributed by atoms with E-state index in [-0.39, 0.29) is 5.91 Å². The summed E-state index contributed by atoms with van der Waals surface area (Å²) in [6.07, 6.45) is 1.15. The van der Waals surface area contributed by atoms with Crippen LogP contribution in [-0.2, 0) is 0 Å². The normalized spacial score (nSPS) is 17.7. The number of nitrogens with zero attached hydrogens (tertiary/aromatic N) is 1. The number of hydrogen-bond acceptors (Lipinski definition) is 3. The lowest BCUT2D eigenvalue weighted by Crippen LogP contribution is -2.30. The van der Waals surface area contributed by atoms with Gasteiger partial charge in [0.2, 0.25) is 0 Å². The van der Waals surface area contributed by atoms with E-state index >= 15 is 0 Å². The molecule has 1 aliphatic heterocycles. The molecule has 4 heteroatoms. The van der Waals surface area contributed by atoms with Gasteiger partial charge in [-0.05, 0) is 49.7 Å². The monoisotopic (exact) mass is 324 g/mol. The summed E-state index contributed by atoms with van der Waals surface area (Å²) < 4.78 is 5.42. The van der Waals surface area contributed by atoms with Crippen molar-refractivity contribution in [3.05, 3.63) is 54.1 Å². The Morgan fingerprint density at radius 3 is 2.83 bits per heavy atom. The molecular formula is C20H24N2O2. The molecule has 1 N–H and O–H groups in total. The Morgan fingerprint density at radius 2 is 2.08 bits per heavy atom. The van der Waals surface area contributed by atoms with Gasteiger partial charge >= 0.3 is 0 Å². The van der Waals surface area contributed by atoms with E-state index in [0.29, 0.717) is 11.5 Å². The molecule has 0 aromatic heterocycles. The van der Waals surface area contributed by atoms with Crippen molar-refractivity contribution in [3.8, 4) is 16.9 Å². The van der Waals surface area contributed by atoms with E-state index in [0.717, 1.165) is 42.9 Å². The van der Waals surface area contributed by atoms with Crippen molar-refractivity contribution in [1.82, 2.24) is 10.2 Å². The predicted molar refractivity (Wildman–Crippen MR) is 96.4 cm³/mol. The SMILES string of the molecule is COc1ccccc1-c1cccc(C(=O)NC[C@@H]2CCN(C)C2)c1. The lowest BCUT2D eigenvalue weighted by Gasteiger charge is -2.13. The quantitative estimate of drug-likeness (QED) is 0.919. The van der Waals surface area contributed by atoms with Crippen LogP contribution in [0.25, 0.3) is 11.1 Å². The van der Waals surface area contributed by atoms with Crippen molar-refractivity contribution in [2.45, 2.75) is 6.42 Å². The van der Waals surface area contributed by atoms with Gasteiger partial charge < -0.3 is 15.0 Å². The standard InChI is InChI=1S/C20H24N2O2/c1-22-11-10-15(14-22)13-21-20(23)17-7-5-6-16(12-17)18-8-3-4-9-19(18)24-2/h3-9,12,15H,10-11,13-14H2,1-2H3,(H,21,23)/t15-/m0/s1. The van der Waals surface area contributed by atoms with Crippen LogP contribution in [-0.4, -0.2) is 44.6 Å². The summed E-state index contributed by atoms with van der Waals surface area (Å²) >= 11 is 0. The Hall–Kier alpha value is -2.33. The van der Waals surface area contributed by atoms with Crippen molar-refractivity contribution in [2.24, 2.45) is 5.92 Å². The third-order valence-corrected chi connectivity index (χ3v) is 4.58. The molecule has 1 amide bonds. The van der Waals surface area contributed by atoms with Gasteiger partial charge in [-0.15, -0.1) is 0 Å². The van der Waals surface area contributed by atoms with Gasteiger partial charge in [-0.25, -0.2) is 0 Å². The maximum absolute atomic E-state index is 12.5. The summed E-state index contributed by atoms with van der Waals surface area (Å²) in [6, 6.07) is 15.5. The largest absolute Gasteiger partial charge is 0.496 e. The molecule has 2 aromatic carbocycles. The third-order valence-electron chi connectivity index (χ3n) is 4.58. The van der Waals surface area contributed by atoms with Gasteiger partial charge in [0.1, 0.15) is 5.75 Å². The molecule has 4 nitrogen and oxygen atoms in total. The van der Waals surface area contributed by atoms with Crippen LogP contribution in [0.1, 0.15) is 16.8 Å². The summed E-state index contributed by atoms with van der Waals surface area (Å²) in [5.41, 5.74) is 2.66. The highest BCUT2D eigenvalue weighted by atomic mass is 16.5. The number of para-hydroxylation sites is 1. The lowest BCUT2D eigenvalue weighted by molar-refractivity contribution is 0.0947. The highest BCUT2D eigenvalue weighted by molar-refractivity contribution is 5.95. The highest BCUT2D eigenvalue weighted by Gasteiger charge is 2.20. The van der Waals surface area contributed by atoms with E-state index in [4.69, 9.17) is 4.74 Å². The second kappa shape index (κ2) is 7.49. The van der Waals surface area contributed by atoms with E-state index in [1.165, 1.54) is 0 Å². The number of ether oxygens (including phenoxy) is 1. The molecule has 126 valence electrons. The Morgan fingerprint density at radius 1 is 1.25 bits per heavy atom. The first-order valence-electron chi connectivity index (χ1n) is 8.37. The number of carbonyl (C=O) groups excluding carboxylic acids is 1. The molecule has 24 heavy (non-hydrogen) atoms. The maximum Gasteiger partial charge on any atom is 0.251 e. The minimum atomic E-state index is -0.0127. The number of methoxy groups -OCH3 is 1. The van der Waals surface area contributed by atoms with Crippen LogP contribution in [0.2, 0.25) is 0 Å². The average molecular weight is 324 g/mol. The average Bonchev–Trinajstić information content (AvgIpc) is 3.05. The fourth-order valence-corrected chi connectivity index (χ4v) is 3.24. The number of amides is 1. The van der Waals surface area contributed by atoms with Gasteiger partial charge in [0, 0.05) is 24.2 Å². The minimum absolute atomic E-state index is 0.0127. The third kappa shape index (κ3) is 3.77.